The molecule has 0 aliphatic carbocycles. The fraction of sp³-hybridized carbons (Fsp3) is 0.0714. The summed E-state index contributed by atoms with van der Waals surface area (Å²) >= 11 is 12.1. The van der Waals surface area contributed by atoms with Gasteiger partial charge in [0, 0.05) is 18.0 Å². The quantitative estimate of drug-likeness (QED) is 0.722. The van der Waals surface area contributed by atoms with Gasteiger partial charge in [-0.1, -0.05) is 28.4 Å². The number of nitrogens with two attached hydrogens (primary N) is 1. The van der Waals surface area contributed by atoms with E-state index in [1.54, 1.807) is 24.5 Å². The molecule has 2 N–H and O–H groups in total. The predicted molar refractivity (Wildman–Crippen MR) is 82.1 cm³/mol. The van der Waals surface area contributed by atoms with Crippen molar-refractivity contribution < 1.29 is 4.52 Å². The third kappa shape index (κ3) is 2.46. The number of aryl methyl sites for hydroxylation is 1. The molecule has 3 rings (SSSR count). The van der Waals surface area contributed by atoms with Crippen LogP contribution >= 0.6 is 23.2 Å². The molecule has 2 heterocycles. The molecule has 2 aromatic heterocycles. The van der Waals surface area contributed by atoms with E-state index in [0.717, 1.165) is 11.1 Å². The summed E-state index contributed by atoms with van der Waals surface area (Å²) in [5, 5.41) is 4.75. The summed E-state index contributed by atoms with van der Waals surface area (Å²) in [6, 6.07) is 5.07. The minimum absolute atomic E-state index is 0.228. The third-order valence-electron chi connectivity index (χ3n) is 3.04. The highest BCUT2D eigenvalue weighted by atomic mass is 35.5. The van der Waals surface area contributed by atoms with Gasteiger partial charge in [-0.25, -0.2) is 0 Å². The first-order chi connectivity index (χ1) is 10.1. The Morgan fingerprint density at radius 2 is 1.90 bits per heavy atom. The maximum absolute atomic E-state index is 6.15. The van der Waals surface area contributed by atoms with Crippen molar-refractivity contribution in [2.75, 3.05) is 5.73 Å². The smallest absolute Gasteiger partial charge is 0.261 e. The molecule has 0 saturated heterocycles. The lowest BCUT2D eigenvalue weighted by Crippen LogP contribution is -1.93. The molecule has 0 saturated carbocycles. The molecule has 21 heavy (non-hydrogen) atoms. The summed E-state index contributed by atoms with van der Waals surface area (Å²) in [6.45, 7) is 1.92. The van der Waals surface area contributed by atoms with Crippen LogP contribution < -0.4 is 5.73 Å². The van der Waals surface area contributed by atoms with Gasteiger partial charge in [-0.3, -0.25) is 4.98 Å². The van der Waals surface area contributed by atoms with Crippen molar-refractivity contribution in [2.24, 2.45) is 0 Å². The Labute approximate surface area is 130 Å². The van der Waals surface area contributed by atoms with E-state index >= 15 is 0 Å². The predicted octanol–water partition coefficient (Wildman–Crippen LogP) is 4.00. The van der Waals surface area contributed by atoms with Crippen LogP contribution in [0.3, 0.4) is 0 Å². The summed E-state index contributed by atoms with van der Waals surface area (Å²) in [5.74, 6) is 0.673. The van der Waals surface area contributed by atoms with Gasteiger partial charge in [-0.2, -0.15) is 4.98 Å². The lowest BCUT2D eigenvalue weighted by atomic mass is 10.1. The summed E-state index contributed by atoms with van der Waals surface area (Å²) in [4.78, 5) is 8.38. The Hall–Kier alpha value is -2.11. The first kappa shape index (κ1) is 13.9. The maximum atomic E-state index is 6.15. The van der Waals surface area contributed by atoms with E-state index in [9.17, 15) is 0 Å². The molecule has 3 aromatic rings. The van der Waals surface area contributed by atoms with E-state index in [-0.39, 0.29) is 5.89 Å². The van der Waals surface area contributed by atoms with E-state index < -0.39 is 0 Å². The summed E-state index contributed by atoms with van der Waals surface area (Å²) in [7, 11) is 0. The molecular formula is C14H10Cl2N4O. The van der Waals surface area contributed by atoms with E-state index in [1.807, 2.05) is 13.0 Å². The molecule has 7 heteroatoms. The zero-order valence-corrected chi connectivity index (χ0v) is 12.5. The van der Waals surface area contributed by atoms with E-state index in [0.29, 0.717) is 27.1 Å². The van der Waals surface area contributed by atoms with Crippen molar-refractivity contribution in [3.8, 4) is 22.8 Å². The van der Waals surface area contributed by atoms with Crippen LogP contribution in [0.1, 0.15) is 5.56 Å². The average molecular weight is 321 g/mol. The molecule has 1 aromatic carbocycles. The number of anilines is 1. The number of hydrogen-bond donors (Lipinski definition) is 1. The first-order valence-corrected chi connectivity index (χ1v) is 6.82. The summed E-state index contributed by atoms with van der Waals surface area (Å²) in [5.41, 5.74) is 8.46. The lowest BCUT2D eigenvalue weighted by Gasteiger charge is -2.04. The van der Waals surface area contributed by atoms with Crippen LogP contribution in [0.4, 0.5) is 5.69 Å². The van der Waals surface area contributed by atoms with Crippen LogP contribution in [0.15, 0.2) is 35.1 Å². The minimum atomic E-state index is 0.228. The maximum Gasteiger partial charge on any atom is 0.261 e. The summed E-state index contributed by atoms with van der Waals surface area (Å²) in [6.07, 6.45) is 3.39. The highest BCUT2D eigenvalue weighted by Crippen LogP contribution is 2.37. The van der Waals surface area contributed by atoms with E-state index in [1.165, 1.54) is 0 Å². The van der Waals surface area contributed by atoms with Gasteiger partial charge in [-0.15, -0.1) is 0 Å². The van der Waals surface area contributed by atoms with Gasteiger partial charge in [-0.05, 0) is 30.7 Å². The standard InChI is InChI=1S/C14H10Cl2N4O/c1-7-6-18-5-4-8(7)13-19-14(21-20-13)11-9(15)2-3-10(16)12(11)17/h2-6H,17H2,1H3. The highest BCUT2D eigenvalue weighted by Gasteiger charge is 2.18. The Kier molecular flexibility index (Phi) is 3.53. The Bertz CT molecular complexity index is 816. The zero-order chi connectivity index (χ0) is 15.0. The second-order valence-electron chi connectivity index (χ2n) is 4.43. The van der Waals surface area contributed by atoms with Crippen LogP contribution in [-0.2, 0) is 0 Å². The Morgan fingerprint density at radius 3 is 2.67 bits per heavy atom. The number of aromatic nitrogens is 3. The van der Waals surface area contributed by atoms with Gasteiger partial charge >= 0.3 is 0 Å². The van der Waals surface area contributed by atoms with Crippen molar-refractivity contribution in [1.82, 2.24) is 15.1 Å². The molecule has 0 amide bonds. The van der Waals surface area contributed by atoms with Gasteiger partial charge in [0.1, 0.15) is 0 Å². The number of benzene rings is 1. The molecule has 106 valence electrons. The molecular weight excluding hydrogens is 311 g/mol. The van der Waals surface area contributed by atoms with Gasteiger partial charge in [0.15, 0.2) is 0 Å². The van der Waals surface area contributed by atoms with Gasteiger partial charge in [0.05, 0.1) is 21.3 Å². The van der Waals surface area contributed by atoms with E-state index in [2.05, 4.69) is 15.1 Å². The number of nitrogens with zero attached hydrogens (tertiary/aromatic N) is 3. The number of hydrogen-bond acceptors (Lipinski definition) is 5. The topological polar surface area (TPSA) is 77.8 Å². The number of nitrogen functional groups attached to an aromatic ring is 1. The van der Waals surface area contributed by atoms with Crippen molar-refractivity contribution >= 4 is 28.9 Å². The molecule has 0 unspecified atom stereocenters. The molecule has 0 aliphatic rings. The first-order valence-electron chi connectivity index (χ1n) is 6.06. The number of rotatable bonds is 2. The summed E-state index contributed by atoms with van der Waals surface area (Å²) < 4.78 is 5.27. The Balaban J connectivity index is 2.12. The molecule has 5 nitrogen and oxygen atoms in total. The SMILES string of the molecule is Cc1cnccc1-c1noc(-c2c(Cl)ccc(Cl)c2N)n1. The van der Waals surface area contributed by atoms with Crippen LogP contribution in [0, 0.1) is 6.92 Å². The molecule has 0 bridgehead atoms. The van der Waals surface area contributed by atoms with Crippen molar-refractivity contribution in [2.45, 2.75) is 6.92 Å². The van der Waals surface area contributed by atoms with Crippen molar-refractivity contribution in [1.29, 1.82) is 0 Å². The molecule has 0 atom stereocenters. The monoisotopic (exact) mass is 320 g/mol. The number of pyridine rings is 1. The van der Waals surface area contributed by atoms with Crippen LogP contribution in [0.5, 0.6) is 0 Å². The van der Waals surface area contributed by atoms with Gasteiger partial charge < -0.3 is 10.3 Å². The fourth-order valence-corrected chi connectivity index (χ4v) is 2.35. The normalized spacial score (nSPS) is 10.8. The molecule has 0 radical (unpaired) electrons. The molecule has 0 aliphatic heterocycles. The number of halogens is 2. The zero-order valence-electron chi connectivity index (χ0n) is 11.0. The lowest BCUT2D eigenvalue weighted by molar-refractivity contribution is 0.432. The fourth-order valence-electron chi connectivity index (χ4n) is 1.94. The average Bonchev–Trinajstić information content (AvgIpc) is 2.93. The van der Waals surface area contributed by atoms with Gasteiger partial charge in [0.2, 0.25) is 5.82 Å². The van der Waals surface area contributed by atoms with Crippen LogP contribution in [0.25, 0.3) is 22.8 Å². The van der Waals surface area contributed by atoms with Crippen molar-refractivity contribution in [3.63, 3.8) is 0 Å². The second-order valence-corrected chi connectivity index (χ2v) is 5.25. The second kappa shape index (κ2) is 5.35. The Morgan fingerprint density at radius 1 is 1.14 bits per heavy atom. The molecule has 0 fully saturated rings. The highest BCUT2D eigenvalue weighted by molar-refractivity contribution is 6.37. The largest absolute Gasteiger partial charge is 0.397 e. The van der Waals surface area contributed by atoms with Gasteiger partial charge in [0.25, 0.3) is 5.89 Å². The third-order valence-corrected chi connectivity index (χ3v) is 3.69. The minimum Gasteiger partial charge on any atom is -0.397 e. The van der Waals surface area contributed by atoms with Crippen molar-refractivity contribution in [3.05, 3.63) is 46.2 Å². The molecule has 0 spiro atoms. The van der Waals surface area contributed by atoms with E-state index in [4.69, 9.17) is 33.5 Å². The van der Waals surface area contributed by atoms with Crippen LogP contribution in [0.2, 0.25) is 10.0 Å². The van der Waals surface area contributed by atoms with Crippen LogP contribution in [-0.4, -0.2) is 15.1 Å².